The summed E-state index contributed by atoms with van der Waals surface area (Å²) in [6.45, 7) is 1.84. The second-order valence-electron chi connectivity index (χ2n) is 6.46. The van der Waals surface area contributed by atoms with Crippen molar-refractivity contribution in [2.24, 2.45) is 0 Å². The quantitative estimate of drug-likeness (QED) is 0.496. The van der Waals surface area contributed by atoms with Gasteiger partial charge in [-0.2, -0.15) is 0 Å². The maximum Gasteiger partial charge on any atom is 0.257 e. The van der Waals surface area contributed by atoms with Crippen molar-refractivity contribution in [1.29, 1.82) is 0 Å². The van der Waals surface area contributed by atoms with Gasteiger partial charge in [-0.3, -0.25) is 14.8 Å². The largest absolute Gasteiger partial charge is 0.457 e. The molecule has 2 aromatic carbocycles. The van der Waals surface area contributed by atoms with E-state index in [1.54, 1.807) is 36.7 Å². The molecule has 0 aliphatic rings. The molecule has 4 rings (SSSR count). The Morgan fingerprint density at radius 1 is 0.862 bits per heavy atom. The molecule has 2 aromatic heterocycles. The van der Waals surface area contributed by atoms with Gasteiger partial charge in [0.05, 0.1) is 17.0 Å². The standard InChI is InChI=1S/C24H19N3O2/c1-17-22(10-11-23(26-17)18-6-3-2-4-7-18)24(28)27-19-8-5-9-21(16-19)29-20-12-14-25-15-13-20/h2-16H,1H3,(H,27,28). The van der Waals surface area contributed by atoms with E-state index in [0.717, 1.165) is 11.3 Å². The van der Waals surface area contributed by atoms with E-state index in [1.165, 1.54) is 0 Å². The van der Waals surface area contributed by atoms with E-state index in [9.17, 15) is 4.79 Å². The first-order chi connectivity index (χ1) is 14.2. The van der Waals surface area contributed by atoms with Gasteiger partial charge in [-0.25, -0.2) is 0 Å². The fraction of sp³-hybridized carbons (Fsp3) is 0.0417. The second-order valence-corrected chi connectivity index (χ2v) is 6.46. The third-order valence-electron chi connectivity index (χ3n) is 4.38. The average molecular weight is 381 g/mol. The fourth-order valence-corrected chi connectivity index (χ4v) is 2.95. The number of carbonyl (C=O) groups excluding carboxylic acids is 1. The molecule has 1 amide bonds. The molecule has 0 radical (unpaired) electrons. The van der Waals surface area contributed by atoms with Crippen LogP contribution < -0.4 is 10.1 Å². The molecule has 0 saturated carbocycles. The third-order valence-corrected chi connectivity index (χ3v) is 4.38. The van der Waals surface area contributed by atoms with Crippen molar-refractivity contribution in [3.05, 3.63) is 103 Å². The summed E-state index contributed by atoms with van der Waals surface area (Å²) >= 11 is 0. The van der Waals surface area contributed by atoms with Gasteiger partial charge < -0.3 is 10.1 Å². The van der Waals surface area contributed by atoms with Gasteiger partial charge in [-0.1, -0.05) is 36.4 Å². The lowest BCUT2D eigenvalue weighted by atomic mass is 10.1. The number of benzene rings is 2. The lowest BCUT2D eigenvalue weighted by Gasteiger charge is -2.11. The molecule has 0 saturated heterocycles. The summed E-state index contributed by atoms with van der Waals surface area (Å²) in [4.78, 5) is 21.3. The van der Waals surface area contributed by atoms with Gasteiger partial charge in [0.2, 0.25) is 0 Å². The number of carbonyl (C=O) groups is 1. The number of nitrogens with one attached hydrogen (secondary N) is 1. The van der Waals surface area contributed by atoms with Crippen LogP contribution >= 0.6 is 0 Å². The van der Waals surface area contributed by atoms with Crippen LogP contribution in [-0.2, 0) is 0 Å². The smallest absolute Gasteiger partial charge is 0.257 e. The van der Waals surface area contributed by atoms with Gasteiger partial charge >= 0.3 is 0 Å². The van der Waals surface area contributed by atoms with Crippen LogP contribution in [-0.4, -0.2) is 15.9 Å². The number of rotatable bonds is 5. The van der Waals surface area contributed by atoms with Crippen molar-refractivity contribution in [1.82, 2.24) is 9.97 Å². The van der Waals surface area contributed by atoms with E-state index in [4.69, 9.17) is 4.74 Å². The minimum Gasteiger partial charge on any atom is -0.457 e. The van der Waals surface area contributed by atoms with Gasteiger partial charge in [-0.05, 0) is 43.3 Å². The number of nitrogens with zero attached hydrogens (tertiary/aromatic N) is 2. The van der Waals surface area contributed by atoms with E-state index >= 15 is 0 Å². The number of hydrogen-bond donors (Lipinski definition) is 1. The predicted octanol–water partition coefficient (Wildman–Crippen LogP) is 5.50. The Labute approximate surface area is 169 Å². The molecule has 0 fully saturated rings. The first kappa shape index (κ1) is 18.4. The Bertz CT molecular complexity index is 1130. The van der Waals surface area contributed by atoms with Crippen LogP contribution in [0.1, 0.15) is 16.1 Å². The summed E-state index contributed by atoms with van der Waals surface area (Å²) in [5.74, 6) is 1.10. The van der Waals surface area contributed by atoms with Gasteiger partial charge in [0.25, 0.3) is 5.91 Å². The van der Waals surface area contributed by atoms with Crippen LogP contribution in [0.2, 0.25) is 0 Å². The molecule has 4 aromatic rings. The van der Waals surface area contributed by atoms with E-state index < -0.39 is 0 Å². The summed E-state index contributed by atoms with van der Waals surface area (Å²) < 4.78 is 5.79. The number of aromatic nitrogens is 2. The Morgan fingerprint density at radius 3 is 2.41 bits per heavy atom. The Morgan fingerprint density at radius 2 is 1.66 bits per heavy atom. The van der Waals surface area contributed by atoms with Crippen LogP contribution in [0.15, 0.2) is 91.3 Å². The van der Waals surface area contributed by atoms with E-state index in [1.807, 2.05) is 61.5 Å². The van der Waals surface area contributed by atoms with Crippen molar-refractivity contribution in [2.45, 2.75) is 6.92 Å². The van der Waals surface area contributed by atoms with Crippen LogP contribution in [0.3, 0.4) is 0 Å². The fourth-order valence-electron chi connectivity index (χ4n) is 2.95. The molecule has 0 bridgehead atoms. The molecule has 0 aliphatic carbocycles. The number of amides is 1. The molecule has 5 heteroatoms. The number of anilines is 1. The molecule has 0 aliphatic heterocycles. The zero-order chi connectivity index (χ0) is 20.1. The normalized spacial score (nSPS) is 10.4. The van der Waals surface area contributed by atoms with Crippen molar-refractivity contribution in [2.75, 3.05) is 5.32 Å². The number of ether oxygens (including phenoxy) is 1. The first-order valence-electron chi connectivity index (χ1n) is 9.21. The van der Waals surface area contributed by atoms with E-state index in [0.29, 0.717) is 28.4 Å². The van der Waals surface area contributed by atoms with Crippen LogP contribution in [0.4, 0.5) is 5.69 Å². The minimum absolute atomic E-state index is 0.212. The van der Waals surface area contributed by atoms with E-state index in [2.05, 4.69) is 15.3 Å². The Hall–Kier alpha value is -3.99. The van der Waals surface area contributed by atoms with Gasteiger partial charge in [0, 0.05) is 29.7 Å². The Kier molecular flexibility index (Phi) is 5.29. The molecule has 1 N–H and O–H groups in total. The molecular formula is C24H19N3O2. The number of aryl methyl sites for hydroxylation is 1. The molecular weight excluding hydrogens is 362 g/mol. The first-order valence-corrected chi connectivity index (χ1v) is 9.21. The van der Waals surface area contributed by atoms with Gasteiger partial charge in [0.15, 0.2) is 0 Å². The second kappa shape index (κ2) is 8.35. The maximum atomic E-state index is 12.8. The zero-order valence-corrected chi connectivity index (χ0v) is 15.9. The predicted molar refractivity (Wildman–Crippen MR) is 113 cm³/mol. The summed E-state index contributed by atoms with van der Waals surface area (Å²) in [6, 6.07) is 24.4. The van der Waals surface area contributed by atoms with Crippen molar-refractivity contribution in [3.8, 4) is 22.8 Å². The molecule has 29 heavy (non-hydrogen) atoms. The average Bonchev–Trinajstić information content (AvgIpc) is 2.75. The molecule has 0 unspecified atom stereocenters. The highest BCUT2D eigenvalue weighted by atomic mass is 16.5. The summed E-state index contributed by atoms with van der Waals surface area (Å²) in [7, 11) is 0. The molecule has 0 atom stereocenters. The number of pyridine rings is 2. The highest BCUT2D eigenvalue weighted by molar-refractivity contribution is 6.05. The highest BCUT2D eigenvalue weighted by Gasteiger charge is 2.12. The summed E-state index contributed by atoms with van der Waals surface area (Å²) in [5.41, 5.74) is 3.71. The lowest BCUT2D eigenvalue weighted by Crippen LogP contribution is -2.14. The third kappa shape index (κ3) is 4.47. The van der Waals surface area contributed by atoms with E-state index in [-0.39, 0.29) is 5.91 Å². The topological polar surface area (TPSA) is 64.1 Å². The highest BCUT2D eigenvalue weighted by Crippen LogP contribution is 2.24. The summed E-state index contributed by atoms with van der Waals surface area (Å²) in [6.07, 6.45) is 3.33. The number of hydrogen-bond acceptors (Lipinski definition) is 4. The maximum absolute atomic E-state index is 12.8. The zero-order valence-electron chi connectivity index (χ0n) is 15.9. The molecule has 2 heterocycles. The molecule has 5 nitrogen and oxygen atoms in total. The van der Waals surface area contributed by atoms with Crippen LogP contribution in [0.25, 0.3) is 11.3 Å². The van der Waals surface area contributed by atoms with Crippen LogP contribution in [0.5, 0.6) is 11.5 Å². The van der Waals surface area contributed by atoms with Gasteiger partial charge in [0.1, 0.15) is 11.5 Å². The summed E-state index contributed by atoms with van der Waals surface area (Å²) in [5, 5.41) is 2.91. The lowest BCUT2D eigenvalue weighted by molar-refractivity contribution is 0.102. The van der Waals surface area contributed by atoms with Crippen LogP contribution in [0, 0.1) is 6.92 Å². The Balaban J connectivity index is 1.50. The monoisotopic (exact) mass is 381 g/mol. The molecule has 142 valence electrons. The SMILES string of the molecule is Cc1nc(-c2ccccc2)ccc1C(=O)Nc1cccc(Oc2ccncc2)c1. The minimum atomic E-state index is -0.212. The van der Waals surface area contributed by atoms with Gasteiger partial charge in [-0.15, -0.1) is 0 Å². The van der Waals surface area contributed by atoms with Crippen molar-refractivity contribution < 1.29 is 9.53 Å². The van der Waals surface area contributed by atoms with Crippen molar-refractivity contribution in [3.63, 3.8) is 0 Å². The van der Waals surface area contributed by atoms with Crippen molar-refractivity contribution >= 4 is 11.6 Å². The molecule has 0 spiro atoms.